The minimum Gasteiger partial charge on any atom is -0.317 e. The zero-order chi connectivity index (χ0) is 12.4. The van der Waals surface area contributed by atoms with Crippen molar-refractivity contribution in [2.45, 2.75) is 38.1 Å². The molecular formula is C16H21NS. The Morgan fingerprint density at radius 3 is 2.94 bits per heavy atom. The van der Waals surface area contributed by atoms with E-state index in [1.54, 1.807) is 5.56 Å². The van der Waals surface area contributed by atoms with Gasteiger partial charge in [-0.25, -0.2) is 0 Å². The van der Waals surface area contributed by atoms with Gasteiger partial charge in [0, 0.05) is 10.7 Å². The van der Waals surface area contributed by atoms with Crippen LogP contribution in [0.3, 0.4) is 0 Å². The Kier molecular flexibility index (Phi) is 3.67. The number of aryl methyl sites for hydroxylation is 1. The molecule has 0 radical (unpaired) electrons. The molecule has 1 N–H and O–H groups in total. The van der Waals surface area contributed by atoms with E-state index >= 15 is 0 Å². The number of benzene rings is 1. The molecule has 96 valence electrons. The van der Waals surface area contributed by atoms with E-state index in [2.05, 4.69) is 42.0 Å². The van der Waals surface area contributed by atoms with E-state index < -0.39 is 0 Å². The topological polar surface area (TPSA) is 12.0 Å². The van der Waals surface area contributed by atoms with Crippen LogP contribution in [0, 0.1) is 5.92 Å². The molecule has 2 aromatic rings. The van der Waals surface area contributed by atoms with Crippen LogP contribution in [-0.2, 0) is 6.42 Å². The third-order valence-electron chi connectivity index (χ3n) is 4.08. The molecule has 0 aliphatic heterocycles. The van der Waals surface area contributed by atoms with Crippen molar-refractivity contribution >= 4 is 21.4 Å². The van der Waals surface area contributed by atoms with E-state index in [-0.39, 0.29) is 0 Å². The first-order valence-corrected chi connectivity index (χ1v) is 7.89. The van der Waals surface area contributed by atoms with Crippen LogP contribution in [0.2, 0.25) is 0 Å². The first-order chi connectivity index (χ1) is 8.88. The molecule has 1 aliphatic rings. The minimum atomic E-state index is 0.759. The standard InChI is InChI=1S/C16H21NS/c1-17-15(12-9-10-12)7-4-5-13-11-18-16-8-3-2-6-14(13)16/h2-3,6,8,11-12,15,17H,4-5,7,9-10H2,1H3. The fraction of sp³-hybridized carbons (Fsp3) is 0.500. The Morgan fingerprint density at radius 2 is 2.17 bits per heavy atom. The number of hydrogen-bond acceptors (Lipinski definition) is 2. The van der Waals surface area contributed by atoms with Gasteiger partial charge in [0.15, 0.2) is 0 Å². The van der Waals surface area contributed by atoms with Crippen molar-refractivity contribution < 1.29 is 0 Å². The van der Waals surface area contributed by atoms with Crippen LogP contribution in [0.4, 0.5) is 0 Å². The monoisotopic (exact) mass is 259 g/mol. The third-order valence-corrected chi connectivity index (χ3v) is 5.10. The van der Waals surface area contributed by atoms with Gasteiger partial charge in [-0.2, -0.15) is 0 Å². The summed E-state index contributed by atoms with van der Waals surface area (Å²) in [5.41, 5.74) is 1.54. The highest BCUT2D eigenvalue weighted by atomic mass is 32.1. The molecule has 1 heterocycles. The van der Waals surface area contributed by atoms with E-state index in [0.717, 1.165) is 12.0 Å². The smallest absolute Gasteiger partial charge is 0.0345 e. The summed E-state index contributed by atoms with van der Waals surface area (Å²) >= 11 is 1.88. The van der Waals surface area contributed by atoms with Gasteiger partial charge in [0.2, 0.25) is 0 Å². The van der Waals surface area contributed by atoms with E-state index in [1.165, 1.54) is 42.2 Å². The Morgan fingerprint density at radius 1 is 1.33 bits per heavy atom. The molecule has 1 fully saturated rings. The van der Waals surface area contributed by atoms with Gasteiger partial charge >= 0.3 is 0 Å². The second-order valence-corrected chi connectivity index (χ2v) is 6.29. The van der Waals surface area contributed by atoms with Crippen molar-refractivity contribution in [1.29, 1.82) is 0 Å². The summed E-state index contributed by atoms with van der Waals surface area (Å²) in [5.74, 6) is 0.967. The average molecular weight is 259 g/mol. The molecule has 0 amide bonds. The lowest BCUT2D eigenvalue weighted by molar-refractivity contribution is 0.457. The van der Waals surface area contributed by atoms with Crippen molar-refractivity contribution in [2.24, 2.45) is 5.92 Å². The van der Waals surface area contributed by atoms with E-state index in [0.29, 0.717) is 0 Å². The highest BCUT2D eigenvalue weighted by molar-refractivity contribution is 7.17. The quantitative estimate of drug-likeness (QED) is 0.819. The predicted octanol–water partition coefficient (Wildman–Crippen LogP) is 4.22. The van der Waals surface area contributed by atoms with E-state index in [9.17, 15) is 0 Å². The molecule has 1 atom stereocenters. The van der Waals surface area contributed by atoms with Gasteiger partial charge < -0.3 is 5.32 Å². The molecule has 1 aromatic heterocycles. The summed E-state index contributed by atoms with van der Waals surface area (Å²) in [5, 5.41) is 7.29. The van der Waals surface area contributed by atoms with Crippen LogP contribution in [0.5, 0.6) is 0 Å². The molecule has 1 aliphatic carbocycles. The summed E-state index contributed by atoms with van der Waals surface area (Å²) in [6.07, 6.45) is 6.74. The van der Waals surface area contributed by atoms with Gasteiger partial charge in [0.1, 0.15) is 0 Å². The Labute approximate surface area is 113 Å². The molecule has 3 rings (SSSR count). The lowest BCUT2D eigenvalue weighted by Crippen LogP contribution is -2.27. The number of fused-ring (bicyclic) bond motifs is 1. The molecule has 0 saturated heterocycles. The van der Waals surface area contributed by atoms with Gasteiger partial charge in [-0.1, -0.05) is 18.2 Å². The van der Waals surface area contributed by atoms with Crippen molar-refractivity contribution in [3.8, 4) is 0 Å². The molecule has 1 aromatic carbocycles. The Balaban J connectivity index is 1.59. The molecule has 1 saturated carbocycles. The molecule has 1 nitrogen and oxygen atoms in total. The maximum atomic E-state index is 3.48. The van der Waals surface area contributed by atoms with Crippen LogP contribution in [0.1, 0.15) is 31.2 Å². The van der Waals surface area contributed by atoms with Gasteiger partial charge in [-0.3, -0.25) is 0 Å². The lowest BCUT2D eigenvalue weighted by Gasteiger charge is -2.14. The van der Waals surface area contributed by atoms with Crippen molar-refractivity contribution in [2.75, 3.05) is 7.05 Å². The first kappa shape index (κ1) is 12.2. The predicted molar refractivity (Wildman–Crippen MR) is 80.3 cm³/mol. The average Bonchev–Trinajstić information content (AvgIpc) is 3.16. The van der Waals surface area contributed by atoms with E-state index in [1.807, 2.05) is 11.3 Å². The fourth-order valence-corrected chi connectivity index (χ4v) is 3.85. The molecule has 0 spiro atoms. The van der Waals surface area contributed by atoms with Gasteiger partial charge in [0.25, 0.3) is 0 Å². The normalized spacial score (nSPS) is 17.2. The third kappa shape index (κ3) is 2.60. The lowest BCUT2D eigenvalue weighted by atomic mass is 10.0. The fourth-order valence-electron chi connectivity index (χ4n) is 2.85. The van der Waals surface area contributed by atoms with Crippen molar-refractivity contribution in [1.82, 2.24) is 5.32 Å². The Bertz CT molecular complexity index is 513. The summed E-state index contributed by atoms with van der Waals surface area (Å²) < 4.78 is 1.43. The maximum absolute atomic E-state index is 3.48. The molecule has 1 unspecified atom stereocenters. The summed E-state index contributed by atoms with van der Waals surface area (Å²) in [6, 6.07) is 9.53. The molecule has 18 heavy (non-hydrogen) atoms. The van der Waals surface area contributed by atoms with Gasteiger partial charge in [-0.15, -0.1) is 11.3 Å². The van der Waals surface area contributed by atoms with Gasteiger partial charge in [-0.05, 0) is 67.5 Å². The van der Waals surface area contributed by atoms with Crippen LogP contribution in [-0.4, -0.2) is 13.1 Å². The summed E-state index contributed by atoms with van der Waals surface area (Å²) in [7, 11) is 2.11. The number of nitrogens with one attached hydrogen (secondary N) is 1. The first-order valence-electron chi connectivity index (χ1n) is 7.01. The van der Waals surface area contributed by atoms with Crippen molar-refractivity contribution in [3.05, 3.63) is 35.2 Å². The SMILES string of the molecule is CNC(CCCc1csc2ccccc12)C1CC1. The number of rotatable bonds is 6. The second-order valence-electron chi connectivity index (χ2n) is 5.38. The van der Waals surface area contributed by atoms with Crippen LogP contribution in [0.25, 0.3) is 10.1 Å². The summed E-state index contributed by atoms with van der Waals surface area (Å²) in [6.45, 7) is 0. The van der Waals surface area contributed by atoms with Crippen LogP contribution < -0.4 is 5.32 Å². The Hall–Kier alpha value is -0.860. The number of thiophene rings is 1. The van der Waals surface area contributed by atoms with Crippen molar-refractivity contribution in [3.63, 3.8) is 0 Å². The zero-order valence-electron chi connectivity index (χ0n) is 11.0. The molecule has 2 heteroatoms. The number of hydrogen-bond donors (Lipinski definition) is 1. The minimum absolute atomic E-state index is 0.759. The second kappa shape index (κ2) is 5.41. The van der Waals surface area contributed by atoms with Crippen LogP contribution >= 0.6 is 11.3 Å². The van der Waals surface area contributed by atoms with Gasteiger partial charge in [0.05, 0.1) is 0 Å². The highest BCUT2D eigenvalue weighted by Crippen LogP contribution is 2.35. The summed E-state index contributed by atoms with van der Waals surface area (Å²) in [4.78, 5) is 0. The largest absolute Gasteiger partial charge is 0.317 e. The van der Waals surface area contributed by atoms with Crippen LogP contribution in [0.15, 0.2) is 29.6 Å². The maximum Gasteiger partial charge on any atom is 0.0345 e. The zero-order valence-corrected chi connectivity index (χ0v) is 11.8. The molecule has 0 bridgehead atoms. The highest BCUT2D eigenvalue weighted by Gasteiger charge is 2.29. The van der Waals surface area contributed by atoms with E-state index in [4.69, 9.17) is 0 Å². The molecular weight excluding hydrogens is 238 g/mol.